The van der Waals surface area contributed by atoms with Crippen LogP contribution in [0.5, 0.6) is 0 Å². The zero-order valence-corrected chi connectivity index (χ0v) is 32.0. The monoisotopic (exact) mass is 699 g/mol. The first-order chi connectivity index (χ1) is 24.4. The molecule has 0 aromatic carbocycles. The summed E-state index contributed by atoms with van der Waals surface area (Å²) in [5.74, 6) is -1.30. The van der Waals surface area contributed by atoms with E-state index in [-0.39, 0.29) is 18.0 Å². The van der Waals surface area contributed by atoms with Crippen molar-refractivity contribution < 1.29 is 24.2 Å². The van der Waals surface area contributed by atoms with Crippen LogP contribution in [0.4, 0.5) is 0 Å². The zero-order chi connectivity index (χ0) is 36.8. The fraction of sp³-hybridized carbons (Fsp3) is 0.698. The van der Waals surface area contributed by atoms with Crippen molar-refractivity contribution in [3.8, 4) is 0 Å². The third kappa shape index (κ3) is 33.6. The fourth-order valence-corrected chi connectivity index (χ4v) is 5.56. The molecule has 2 unspecified atom stereocenters. The average Bonchev–Trinajstić information content (AvgIpc) is 3.10. The number of esters is 1. The molecule has 7 heteroatoms. The van der Waals surface area contributed by atoms with Crippen LogP contribution in [0.2, 0.25) is 0 Å². The minimum atomic E-state index is -1.01. The Kier molecular flexibility index (Phi) is 35.1. The van der Waals surface area contributed by atoms with Gasteiger partial charge in [0.05, 0.1) is 0 Å². The first kappa shape index (κ1) is 47.1. The maximum atomic E-state index is 12.7. The highest BCUT2D eigenvalue weighted by Crippen LogP contribution is 2.17. The molecule has 0 aliphatic heterocycles. The summed E-state index contributed by atoms with van der Waals surface area (Å²) in [6.45, 7) is 4.78. The largest absolute Gasteiger partial charge is 0.480 e. The molecule has 286 valence electrons. The van der Waals surface area contributed by atoms with Crippen LogP contribution in [-0.2, 0) is 19.1 Å². The van der Waals surface area contributed by atoms with Crippen molar-refractivity contribution in [2.45, 2.75) is 187 Å². The Balaban J connectivity index is 4.46. The van der Waals surface area contributed by atoms with Crippen molar-refractivity contribution in [1.29, 1.82) is 0 Å². The molecular formula is C43H74N2O5. The number of ether oxygens (including phenoxy) is 1. The van der Waals surface area contributed by atoms with Gasteiger partial charge in [-0.2, -0.15) is 0 Å². The number of nitrogens with one attached hydrogen (secondary N) is 1. The summed E-state index contributed by atoms with van der Waals surface area (Å²) in [7, 11) is 0. The summed E-state index contributed by atoms with van der Waals surface area (Å²) in [5.41, 5.74) is 5.47. The summed E-state index contributed by atoms with van der Waals surface area (Å²) >= 11 is 0. The lowest BCUT2D eigenvalue weighted by Crippen LogP contribution is -2.40. The van der Waals surface area contributed by atoms with E-state index in [1.54, 1.807) is 0 Å². The van der Waals surface area contributed by atoms with Gasteiger partial charge in [-0.1, -0.05) is 113 Å². The molecule has 0 rings (SSSR count). The van der Waals surface area contributed by atoms with Crippen molar-refractivity contribution in [3.05, 3.63) is 60.8 Å². The van der Waals surface area contributed by atoms with Crippen LogP contribution in [-0.4, -0.2) is 41.6 Å². The van der Waals surface area contributed by atoms with E-state index in [1.807, 2.05) is 0 Å². The number of allylic oxidation sites excluding steroid dienone is 10. The van der Waals surface area contributed by atoms with Crippen LogP contribution in [0.3, 0.4) is 0 Å². The summed E-state index contributed by atoms with van der Waals surface area (Å²) in [6, 6.07) is -0.865. The predicted octanol–water partition coefficient (Wildman–Crippen LogP) is 11.0. The molecule has 0 bridgehead atoms. The number of aliphatic carboxylic acids is 1. The van der Waals surface area contributed by atoms with E-state index in [0.29, 0.717) is 32.2 Å². The molecule has 7 nitrogen and oxygen atoms in total. The van der Waals surface area contributed by atoms with Crippen LogP contribution in [0.15, 0.2) is 60.8 Å². The van der Waals surface area contributed by atoms with Crippen LogP contribution < -0.4 is 11.1 Å². The van der Waals surface area contributed by atoms with Crippen LogP contribution >= 0.6 is 0 Å². The summed E-state index contributed by atoms with van der Waals surface area (Å²) in [4.78, 5) is 36.3. The number of carboxylic acids is 1. The number of hydrogen-bond donors (Lipinski definition) is 3. The van der Waals surface area contributed by atoms with Gasteiger partial charge in [-0.25, -0.2) is 4.79 Å². The standard InChI is InChI=1S/C43H74N2O5/c1-3-5-7-9-11-13-15-16-18-20-22-27-31-37-42(47)50-39(33-28-24-21-19-17-14-12-10-8-6-4-2)34-29-25-23-26-30-36-41(46)45-40(43(48)49)35-32-38-44/h5,7,11-14,16,18-19,21,39-40H,3-4,6,8-10,15,17,20,22-38,44H2,1-2H3,(H,45,46)(H,48,49)/b7-5-,13-11-,14-12-,18-16-,21-19-. The molecule has 0 heterocycles. The molecule has 0 saturated carbocycles. The SMILES string of the molecule is CC/C=C\C/C=C\C/C=C\CCCCCC(=O)OC(CCC/C=C\C/C=C\CCCCC)CCCCCCCC(=O)NC(CCCN)C(=O)O. The molecule has 0 aliphatic carbocycles. The maximum absolute atomic E-state index is 12.7. The van der Waals surface area contributed by atoms with Crippen molar-refractivity contribution in [2.75, 3.05) is 6.54 Å². The van der Waals surface area contributed by atoms with E-state index >= 15 is 0 Å². The van der Waals surface area contributed by atoms with Gasteiger partial charge < -0.3 is 20.9 Å². The lowest BCUT2D eigenvalue weighted by molar-refractivity contribution is -0.150. The Morgan fingerprint density at radius 3 is 1.74 bits per heavy atom. The van der Waals surface area contributed by atoms with Crippen molar-refractivity contribution in [1.82, 2.24) is 5.32 Å². The van der Waals surface area contributed by atoms with E-state index in [1.165, 1.54) is 25.7 Å². The number of amides is 1. The number of rotatable bonds is 35. The van der Waals surface area contributed by atoms with Gasteiger partial charge in [0.15, 0.2) is 0 Å². The molecular weight excluding hydrogens is 624 g/mol. The molecule has 0 saturated heterocycles. The quantitative estimate of drug-likeness (QED) is 0.0344. The van der Waals surface area contributed by atoms with Gasteiger partial charge in [-0.05, 0) is 116 Å². The molecule has 50 heavy (non-hydrogen) atoms. The third-order valence-electron chi connectivity index (χ3n) is 8.57. The summed E-state index contributed by atoms with van der Waals surface area (Å²) < 4.78 is 5.98. The molecule has 2 atom stereocenters. The Morgan fingerprint density at radius 2 is 1.12 bits per heavy atom. The van der Waals surface area contributed by atoms with Gasteiger partial charge in [0, 0.05) is 12.8 Å². The zero-order valence-electron chi connectivity index (χ0n) is 32.0. The van der Waals surface area contributed by atoms with Crippen LogP contribution in [0.1, 0.15) is 174 Å². The third-order valence-corrected chi connectivity index (χ3v) is 8.57. The highest BCUT2D eigenvalue weighted by Gasteiger charge is 2.19. The number of carbonyl (C=O) groups is 3. The number of carboxylic acid groups (broad SMARTS) is 1. The second-order valence-corrected chi connectivity index (χ2v) is 13.3. The van der Waals surface area contributed by atoms with Crippen LogP contribution in [0.25, 0.3) is 0 Å². The summed E-state index contributed by atoms with van der Waals surface area (Å²) in [6.07, 6.45) is 45.4. The Morgan fingerprint density at radius 1 is 0.600 bits per heavy atom. The topological polar surface area (TPSA) is 119 Å². The Hall–Kier alpha value is -2.93. The van der Waals surface area contributed by atoms with Gasteiger partial charge in [0.1, 0.15) is 12.1 Å². The van der Waals surface area contributed by atoms with Crippen molar-refractivity contribution >= 4 is 17.8 Å². The summed E-state index contributed by atoms with van der Waals surface area (Å²) in [5, 5.41) is 11.9. The van der Waals surface area contributed by atoms with E-state index < -0.39 is 12.0 Å². The highest BCUT2D eigenvalue weighted by atomic mass is 16.5. The van der Waals surface area contributed by atoms with Crippen LogP contribution in [0, 0.1) is 0 Å². The Bertz CT molecular complexity index is 968. The number of carbonyl (C=O) groups excluding carboxylic acids is 2. The smallest absolute Gasteiger partial charge is 0.326 e. The van der Waals surface area contributed by atoms with Gasteiger partial charge in [-0.3, -0.25) is 9.59 Å². The van der Waals surface area contributed by atoms with Gasteiger partial charge in [0.25, 0.3) is 0 Å². The lowest BCUT2D eigenvalue weighted by Gasteiger charge is -2.18. The molecule has 0 aromatic rings. The van der Waals surface area contributed by atoms with Gasteiger partial charge in [0.2, 0.25) is 5.91 Å². The van der Waals surface area contributed by atoms with Gasteiger partial charge >= 0.3 is 11.9 Å². The predicted molar refractivity (Wildman–Crippen MR) is 211 cm³/mol. The lowest BCUT2D eigenvalue weighted by atomic mass is 10.0. The number of unbranched alkanes of at least 4 members (excludes halogenated alkanes) is 11. The minimum Gasteiger partial charge on any atom is -0.480 e. The fourth-order valence-electron chi connectivity index (χ4n) is 5.56. The van der Waals surface area contributed by atoms with Crippen molar-refractivity contribution in [3.63, 3.8) is 0 Å². The average molecular weight is 699 g/mol. The molecule has 0 radical (unpaired) electrons. The molecule has 0 spiro atoms. The first-order valence-electron chi connectivity index (χ1n) is 20.1. The normalized spacial score (nSPS) is 13.3. The maximum Gasteiger partial charge on any atom is 0.326 e. The van der Waals surface area contributed by atoms with Gasteiger partial charge in [-0.15, -0.1) is 0 Å². The highest BCUT2D eigenvalue weighted by molar-refractivity contribution is 5.83. The number of hydrogen-bond acceptors (Lipinski definition) is 5. The Labute approximate surface area is 306 Å². The molecule has 0 fully saturated rings. The molecule has 1 amide bonds. The second-order valence-electron chi connectivity index (χ2n) is 13.3. The molecule has 4 N–H and O–H groups in total. The van der Waals surface area contributed by atoms with E-state index in [0.717, 1.165) is 109 Å². The molecule has 0 aliphatic rings. The number of nitrogens with two attached hydrogens (primary N) is 1. The van der Waals surface area contributed by atoms with Crippen molar-refractivity contribution in [2.24, 2.45) is 5.73 Å². The van der Waals surface area contributed by atoms with E-state index in [4.69, 9.17) is 10.5 Å². The first-order valence-corrected chi connectivity index (χ1v) is 20.1. The molecule has 0 aromatic heterocycles. The van der Waals surface area contributed by atoms with E-state index in [2.05, 4.69) is 79.9 Å². The second kappa shape index (κ2) is 37.3. The van der Waals surface area contributed by atoms with E-state index in [9.17, 15) is 19.5 Å². The minimum absolute atomic E-state index is 0.0462.